The molecular weight excluding hydrogens is 276 g/mol. The monoisotopic (exact) mass is 290 g/mol. The molecule has 1 aliphatic carbocycles. The Balaban J connectivity index is 1.91. The van der Waals surface area contributed by atoms with Gasteiger partial charge in [0.1, 0.15) is 16.5 Å². The fourth-order valence-corrected chi connectivity index (χ4v) is 2.83. The molecular formula is C13H14N4O2S. The van der Waals surface area contributed by atoms with Gasteiger partial charge in [-0.3, -0.25) is 9.71 Å². The zero-order valence-corrected chi connectivity index (χ0v) is 11.8. The van der Waals surface area contributed by atoms with E-state index in [0.29, 0.717) is 17.6 Å². The van der Waals surface area contributed by atoms with E-state index in [1.54, 1.807) is 12.1 Å². The smallest absolute Gasteiger partial charge is 0.263 e. The van der Waals surface area contributed by atoms with Crippen LogP contribution in [0.2, 0.25) is 0 Å². The number of aromatic nitrogens is 3. The van der Waals surface area contributed by atoms with Crippen molar-refractivity contribution in [3.05, 3.63) is 42.1 Å². The maximum absolute atomic E-state index is 12.2. The van der Waals surface area contributed by atoms with E-state index in [2.05, 4.69) is 19.7 Å². The first kappa shape index (κ1) is 13.0. The van der Waals surface area contributed by atoms with E-state index in [4.69, 9.17) is 0 Å². The van der Waals surface area contributed by atoms with E-state index in [-0.39, 0.29) is 4.90 Å². The van der Waals surface area contributed by atoms with Crippen molar-refractivity contribution in [3.63, 3.8) is 0 Å². The van der Waals surface area contributed by atoms with E-state index >= 15 is 0 Å². The van der Waals surface area contributed by atoms with E-state index in [1.165, 1.54) is 18.5 Å². The van der Waals surface area contributed by atoms with Gasteiger partial charge in [0.25, 0.3) is 10.0 Å². The number of hydrogen-bond donors (Lipinski definition) is 1. The van der Waals surface area contributed by atoms with Gasteiger partial charge in [0.15, 0.2) is 0 Å². The van der Waals surface area contributed by atoms with Crippen molar-refractivity contribution >= 4 is 15.8 Å². The summed E-state index contributed by atoms with van der Waals surface area (Å²) in [6.45, 7) is 1.83. The molecule has 1 fully saturated rings. The van der Waals surface area contributed by atoms with Crippen LogP contribution in [0.15, 0.2) is 35.5 Å². The van der Waals surface area contributed by atoms with Crippen LogP contribution in [0.1, 0.15) is 30.3 Å². The van der Waals surface area contributed by atoms with Crippen LogP contribution < -0.4 is 4.72 Å². The van der Waals surface area contributed by atoms with Gasteiger partial charge in [0.05, 0.1) is 0 Å². The highest BCUT2D eigenvalue weighted by molar-refractivity contribution is 7.92. The minimum absolute atomic E-state index is 0.115. The highest BCUT2D eigenvalue weighted by atomic mass is 32.2. The number of nitrogens with one attached hydrogen (secondary N) is 1. The molecule has 20 heavy (non-hydrogen) atoms. The molecule has 2 aromatic heterocycles. The minimum Gasteiger partial charge on any atom is -0.263 e. The fraction of sp³-hybridized carbons (Fsp3) is 0.308. The first-order valence-electron chi connectivity index (χ1n) is 6.33. The van der Waals surface area contributed by atoms with Crippen LogP contribution in [0, 0.1) is 6.92 Å². The van der Waals surface area contributed by atoms with Crippen molar-refractivity contribution in [1.82, 2.24) is 15.0 Å². The Morgan fingerprint density at radius 3 is 2.75 bits per heavy atom. The molecule has 1 saturated carbocycles. The van der Waals surface area contributed by atoms with Crippen LogP contribution in [-0.4, -0.2) is 23.4 Å². The number of sulfonamides is 1. The van der Waals surface area contributed by atoms with Crippen molar-refractivity contribution in [2.75, 3.05) is 4.72 Å². The average Bonchev–Trinajstić information content (AvgIpc) is 3.23. The van der Waals surface area contributed by atoms with Gasteiger partial charge in [-0.05, 0) is 31.9 Å². The maximum atomic E-state index is 12.2. The van der Waals surface area contributed by atoms with Gasteiger partial charge in [-0.1, -0.05) is 0 Å². The molecule has 0 amide bonds. The predicted molar refractivity (Wildman–Crippen MR) is 73.8 cm³/mol. The second kappa shape index (κ2) is 4.82. The molecule has 3 rings (SSSR count). The summed E-state index contributed by atoms with van der Waals surface area (Å²) < 4.78 is 26.9. The Hall–Kier alpha value is -2.02. The lowest BCUT2D eigenvalue weighted by molar-refractivity contribution is 0.600. The standard InChI is InChI=1S/C13H14N4O2S/c1-9-7-12(16-13(15-9)10-4-5-10)17-20(18,19)11-3-2-6-14-8-11/h2-3,6-8,10H,4-5H2,1H3,(H,15,16,17). The second-order valence-corrected chi connectivity index (χ2v) is 6.50. The zero-order chi connectivity index (χ0) is 14.2. The number of aryl methyl sites for hydroxylation is 1. The molecule has 7 heteroatoms. The molecule has 1 aliphatic rings. The summed E-state index contributed by atoms with van der Waals surface area (Å²) >= 11 is 0. The van der Waals surface area contributed by atoms with Crippen LogP contribution >= 0.6 is 0 Å². The summed E-state index contributed by atoms with van der Waals surface area (Å²) in [6, 6.07) is 4.69. The maximum Gasteiger partial charge on any atom is 0.264 e. The van der Waals surface area contributed by atoms with Crippen LogP contribution in [-0.2, 0) is 10.0 Å². The lowest BCUT2D eigenvalue weighted by atomic mass is 10.3. The normalized spacial score (nSPS) is 15.1. The third-order valence-corrected chi connectivity index (χ3v) is 4.34. The van der Waals surface area contributed by atoms with Crippen molar-refractivity contribution in [1.29, 1.82) is 0 Å². The van der Waals surface area contributed by atoms with Crippen molar-refractivity contribution in [3.8, 4) is 0 Å². The molecule has 0 unspecified atom stereocenters. The summed E-state index contributed by atoms with van der Waals surface area (Å²) in [5.74, 6) is 1.40. The van der Waals surface area contributed by atoms with Crippen LogP contribution in [0.3, 0.4) is 0 Å². The summed E-state index contributed by atoms with van der Waals surface area (Å²) in [4.78, 5) is 12.6. The zero-order valence-electron chi connectivity index (χ0n) is 10.9. The van der Waals surface area contributed by atoms with E-state index < -0.39 is 10.0 Å². The molecule has 6 nitrogen and oxygen atoms in total. The molecule has 0 radical (unpaired) electrons. The SMILES string of the molecule is Cc1cc(NS(=O)(=O)c2cccnc2)nc(C2CC2)n1. The summed E-state index contributed by atoms with van der Waals surface area (Å²) in [6.07, 6.45) is 4.97. The van der Waals surface area contributed by atoms with E-state index in [1.807, 2.05) is 6.92 Å². The molecule has 0 aliphatic heterocycles. The first-order valence-corrected chi connectivity index (χ1v) is 7.81. The third-order valence-electron chi connectivity index (χ3n) is 3.00. The third kappa shape index (κ3) is 2.77. The number of anilines is 1. The van der Waals surface area contributed by atoms with Crippen LogP contribution in [0.4, 0.5) is 5.82 Å². The van der Waals surface area contributed by atoms with E-state index in [9.17, 15) is 8.42 Å². The number of pyridine rings is 1. The Morgan fingerprint density at radius 2 is 2.10 bits per heavy atom. The Labute approximate surface area is 117 Å². The molecule has 0 atom stereocenters. The quantitative estimate of drug-likeness (QED) is 0.929. The lowest BCUT2D eigenvalue weighted by Gasteiger charge is -2.09. The van der Waals surface area contributed by atoms with Gasteiger partial charge >= 0.3 is 0 Å². The predicted octanol–water partition coefficient (Wildman–Crippen LogP) is 1.86. The highest BCUT2D eigenvalue weighted by Gasteiger charge is 2.27. The Kier molecular flexibility index (Phi) is 3.13. The second-order valence-electron chi connectivity index (χ2n) is 4.82. The first-order chi connectivity index (χ1) is 9.54. The van der Waals surface area contributed by atoms with Gasteiger partial charge in [0, 0.05) is 30.1 Å². The van der Waals surface area contributed by atoms with Crippen molar-refractivity contribution in [2.45, 2.75) is 30.6 Å². The molecule has 2 heterocycles. The topological polar surface area (TPSA) is 84.8 Å². The Bertz CT molecular complexity index is 727. The van der Waals surface area contributed by atoms with Crippen LogP contribution in [0.5, 0.6) is 0 Å². The molecule has 0 saturated heterocycles. The van der Waals surface area contributed by atoms with E-state index in [0.717, 1.165) is 18.5 Å². The molecule has 0 spiro atoms. The van der Waals surface area contributed by atoms with Crippen LogP contribution in [0.25, 0.3) is 0 Å². The van der Waals surface area contributed by atoms with Gasteiger partial charge in [-0.2, -0.15) is 0 Å². The highest BCUT2D eigenvalue weighted by Crippen LogP contribution is 2.38. The minimum atomic E-state index is -3.65. The average molecular weight is 290 g/mol. The number of hydrogen-bond acceptors (Lipinski definition) is 5. The molecule has 104 valence electrons. The molecule has 1 N–H and O–H groups in total. The van der Waals surface area contributed by atoms with Gasteiger partial charge in [-0.25, -0.2) is 18.4 Å². The molecule has 0 bridgehead atoms. The number of nitrogens with zero attached hydrogens (tertiary/aromatic N) is 3. The van der Waals surface area contributed by atoms with Crippen molar-refractivity contribution < 1.29 is 8.42 Å². The van der Waals surface area contributed by atoms with Gasteiger partial charge in [-0.15, -0.1) is 0 Å². The summed E-state index contributed by atoms with van der Waals surface area (Å²) in [5.41, 5.74) is 0.755. The summed E-state index contributed by atoms with van der Waals surface area (Å²) in [7, 11) is -3.65. The lowest BCUT2D eigenvalue weighted by Crippen LogP contribution is -2.15. The van der Waals surface area contributed by atoms with Crippen molar-refractivity contribution in [2.24, 2.45) is 0 Å². The fourth-order valence-electron chi connectivity index (χ4n) is 1.87. The number of rotatable bonds is 4. The molecule has 0 aromatic carbocycles. The summed E-state index contributed by atoms with van der Waals surface area (Å²) in [5, 5.41) is 0. The Morgan fingerprint density at radius 1 is 1.30 bits per heavy atom. The molecule has 2 aromatic rings. The van der Waals surface area contributed by atoms with Gasteiger partial charge < -0.3 is 0 Å². The largest absolute Gasteiger partial charge is 0.264 e. The van der Waals surface area contributed by atoms with Gasteiger partial charge in [0.2, 0.25) is 0 Å².